The van der Waals surface area contributed by atoms with Crippen LogP contribution in [0.4, 0.5) is 17.3 Å². The second-order valence-corrected chi connectivity index (χ2v) is 11.4. The summed E-state index contributed by atoms with van der Waals surface area (Å²) in [6, 6.07) is 22.2. The van der Waals surface area contributed by atoms with Gasteiger partial charge in [0.15, 0.2) is 5.78 Å². The van der Waals surface area contributed by atoms with Gasteiger partial charge in [0.05, 0.1) is 23.4 Å². The number of aromatic nitrogens is 4. The molecule has 0 aliphatic heterocycles. The van der Waals surface area contributed by atoms with Gasteiger partial charge in [-0.2, -0.15) is 0 Å². The van der Waals surface area contributed by atoms with Crippen LogP contribution in [0, 0.1) is 0 Å². The molecular formula is C32H23N5O2S. The smallest absolute Gasteiger partial charge is 0.234 e. The number of hydrogen-bond acceptors (Lipinski definition) is 8. The molecule has 2 aliphatic rings. The number of benzene rings is 2. The second-order valence-electron chi connectivity index (χ2n) is 10.3. The molecule has 7 nitrogen and oxygen atoms in total. The number of ketones is 2. The lowest BCUT2D eigenvalue weighted by Crippen LogP contribution is -2.25. The Morgan fingerprint density at radius 1 is 0.900 bits per heavy atom. The Bertz CT molecular complexity index is 1800. The zero-order valence-corrected chi connectivity index (χ0v) is 22.6. The van der Waals surface area contributed by atoms with E-state index in [1.807, 2.05) is 66.9 Å². The van der Waals surface area contributed by atoms with Crippen molar-refractivity contribution < 1.29 is 9.59 Å². The van der Waals surface area contributed by atoms with Gasteiger partial charge in [0, 0.05) is 50.7 Å². The number of anilines is 3. The maximum absolute atomic E-state index is 13.1. The van der Waals surface area contributed by atoms with Crippen LogP contribution >= 0.6 is 11.3 Å². The van der Waals surface area contributed by atoms with Crippen molar-refractivity contribution >= 4 is 46.3 Å². The van der Waals surface area contributed by atoms with Gasteiger partial charge in [-0.25, -0.2) is 15.0 Å². The third-order valence-corrected chi connectivity index (χ3v) is 8.53. The molecule has 194 valence electrons. The fourth-order valence-corrected chi connectivity index (χ4v) is 6.68. The average molecular weight is 542 g/mol. The highest BCUT2D eigenvalue weighted by molar-refractivity contribution is 7.16. The minimum absolute atomic E-state index is 0.0795. The van der Waals surface area contributed by atoms with Gasteiger partial charge < -0.3 is 0 Å². The van der Waals surface area contributed by atoms with Crippen LogP contribution < -0.4 is 4.90 Å². The summed E-state index contributed by atoms with van der Waals surface area (Å²) in [5, 5.41) is 0. The molecule has 0 saturated heterocycles. The molecule has 0 unspecified atom stereocenters. The first-order valence-electron chi connectivity index (χ1n) is 12.9. The highest BCUT2D eigenvalue weighted by Crippen LogP contribution is 2.52. The summed E-state index contributed by atoms with van der Waals surface area (Å²) >= 11 is 1.54. The van der Waals surface area contributed by atoms with E-state index in [4.69, 9.17) is 9.97 Å². The van der Waals surface area contributed by atoms with E-state index < -0.39 is 5.41 Å². The van der Waals surface area contributed by atoms with Crippen molar-refractivity contribution in [3.63, 3.8) is 0 Å². The number of carbonyl (C=O) groups excluding carboxylic acids is 2. The number of hydrogen-bond donors (Lipinski definition) is 0. The van der Waals surface area contributed by atoms with E-state index in [0.29, 0.717) is 11.6 Å². The molecule has 0 fully saturated rings. The van der Waals surface area contributed by atoms with Gasteiger partial charge in [0.25, 0.3) is 0 Å². The molecule has 5 aromatic rings. The number of fused-ring (bicyclic) bond motifs is 4. The number of rotatable bonds is 4. The summed E-state index contributed by atoms with van der Waals surface area (Å²) in [5.74, 6) is -0.0107. The summed E-state index contributed by atoms with van der Waals surface area (Å²) in [5.41, 5.74) is 5.42. The summed E-state index contributed by atoms with van der Waals surface area (Å²) in [6.45, 7) is 4.30. The SMILES string of the molecule is CC1(C)c2cc(/C=C3\C(=O)Cc4nccnc4C3=O)sc2-c2cnc(N(c3ccccc3)c3ccccc3)nc21. The molecular weight excluding hydrogens is 518 g/mol. The molecule has 8 heteroatoms. The Morgan fingerprint density at radius 3 is 2.27 bits per heavy atom. The fraction of sp³-hybridized carbons (Fsp3) is 0.125. The molecule has 0 saturated carbocycles. The Labute approximate surface area is 234 Å². The van der Waals surface area contributed by atoms with E-state index in [1.165, 1.54) is 12.4 Å². The predicted molar refractivity (Wildman–Crippen MR) is 155 cm³/mol. The molecule has 2 aromatic carbocycles. The lowest BCUT2D eigenvalue weighted by molar-refractivity contribution is -0.114. The number of Topliss-reactive ketones (excluding diaryl/α,β-unsaturated/α-hetero) is 2. The Balaban J connectivity index is 1.29. The van der Waals surface area contributed by atoms with Crippen LogP contribution in [-0.4, -0.2) is 31.5 Å². The largest absolute Gasteiger partial charge is 0.294 e. The highest BCUT2D eigenvalue weighted by atomic mass is 32.1. The Hall–Kier alpha value is -4.82. The third-order valence-electron chi connectivity index (χ3n) is 7.41. The maximum atomic E-state index is 13.1. The summed E-state index contributed by atoms with van der Waals surface area (Å²) in [4.78, 5) is 48.1. The van der Waals surface area contributed by atoms with Gasteiger partial charge in [0.2, 0.25) is 11.7 Å². The molecule has 0 bridgehead atoms. The molecule has 3 heterocycles. The number of para-hydroxylation sites is 2. The van der Waals surface area contributed by atoms with Crippen LogP contribution in [0.2, 0.25) is 0 Å². The molecule has 2 aliphatic carbocycles. The lowest BCUT2D eigenvalue weighted by atomic mass is 9.86. The van der Waals surface area contributed by atoms with Gasteiger partial charge in [0.1, 0.15) is 5.69 Å². The number of thiophene rings is 1. The normalized spacial score (nSPS) is 16.0. The topological polar surface area (TPSA) is 88.9 Å². The van der Waals surface area contributed by atoms with Crippen LogP contribution in [0.25, 0.3) is 16.5 Å². The Kier molecular flexibility index (Phi) is 5.54. The lowest BCUT2D eigenvalue weighted by Gasteiger charge is -2.25. The van der Waals surface area contributed by atoms with E-state index in [0.717, 1.165) is 37.9 Å². The highest BCUT2D eigenvalue weighted by Gasteiger charge is 2.40. The van der Waals surface area contributed by atoms with Crippen molar-refractivity contribution in [3.05, 3.63) is 118 Å². The van der Waals surface area contributed by atoms with Crippen molar-refractivity contribution in [2.75, 3.05) is 4.90 Å². The van der Waals surface area contributed by atoms with E-state index in [1.54, 1.807) is 17.4 Å². The monoisotopic (exact) mass is 541 g/mol. The predicted octanol–water partition coefficient (Wildman–Crippen LogP) is 6.50. The molecule has 0 N–H and O–H groups in total. The first-order chi connectivity index (χ1) is 19.4. The van der Waals surface area contributed by atoms with Crippen LogP contribution in [0.5, 0.6) is 0 Å². The van der Waals surface area contributed by atoms with E-state index >= 15 is 0 Å². The van der Waals surface area contributed by atoms with E-state index in [-0.39, 0.29) is 29.3 Å². The van der Waals surface area contributed by atoms with Crippen molar-refractivity contribution in [1.29, 1.82) is 0 Å². The van der Waals surface area contributed by atoms with Crippen LogP contribution in [0.1, 0.15) is 46.2 Å². The van der Waals surface area contributed by atoms with Gasteiger partial charge in [-0.1, -0.05) is 50.2 Å². The first kappa shape index (κ1) is 24.2. The molecule has 0 radical (unpaired) electrons. The van der Waals surface area contributed by atoms with Gasteiger partial charge in [-0.3, -0.25) is 19.5 Å². The fourth-order valence-electron chi connectivity index (χ4n) is 5.41. The van der Waals surface area contributed by atoms with E-state index in [9.17, 15) is 9.59 Å². The van der Waals surface area contributed by atoms with Crippen LogP contribution in [0.3, 0.4) is 0 Å². The summed E-state index contributed by atoms with van der Waals surface area (Å²) in [7, 11) is 0. The Morgan fingerprint density at radius 2 is 1.57 bits per heavy atom. The standard InChI is InChI=1S/C32H23N5O2S/c1-32(2)24-16-21(15-22-26(38)17-25-27(28(22)39)34-14-13-33-25)40-29(24)23-18-35-31(36-30(23)32)37(19-9-5-3-6-10-19)20-11-7-4-8-12-20/h3-16,18H,17H2,1-2H3/b22-15+. The number of allylic oxidation sites excluding steroid dienone is 1. The molecule has 0 atom stereocenters. The van der Waals surface area contributed by atoms with Crippen LogP contribution in [0.15, 0.2) is 90.9 Å². The minimum atomic E-state index is -0.396. The molecule has 0 amide bonds. The maximum Gasteiger partial charge on any atom is 0.234 e. The number of nitrogens with zero attached hydrogens (tertiary/aromatic N) is 5. The van der Waals surface area contributed by atoms with Gasteiger partial charge in [-0.05, 0) is 42.0 Å². The molecule has 40 heavy (non-hydrogen) atoms. The summed E-state index contributed by atoms with van der Waals surface area (Å²) < 4.78 is 0. The average Bonchev–Trinajstić information content (AvgIpc) is 3.49. The minimum Gasteiger partial charge on any atom is -0.294 e. The van der Waals surface area contributed by atoms with Crippen molar-refractivity contribution in [2.45, 2.75) is 25.7 Å². The van der Waals surface area contributed by atoms with Gasteiger partial charge >= 0.3 is 0 Å². The van der Waals surface area contributed by atoms with Crippen molar-refractivity contribution in [1.82, 2.24) is 19.9 Å². The number of carbonyl (C=O) groups is 2. The first-order valence-corrected chi connectivity index (χ1v) is 13.8. The molecule has 7 rings (SSSR count). The van der Waals surface area contributed by atoms with Crippen LogP contribution in [-0.2, 0) is 16.6 Å². The quantitative estimate of drug-likeness (QED) is 0.190. The second kappa shape index (κ2) is 9.14. The van der Waals surface area contributed by atoms with Crippen molar-refractivity contribution in [2.24, 2.45) is 0 Å². The summed E-state index contributed by atoms with van der Waals surface area (Å²) in [6.07, 6.45) is 6.65. The molecule has 0 spiro atoms. The zero-order valence-electron chi connectivity index (χ0n) is 21.8. The van der Waals surface area contributed by atoms with Crippen molar-refractivity contribution in [3.8, 4) is 10.4 Å². The van der Waals surface area contributed by atoms with Gasteiger partial charge in [-0.15, -0.1) is 11.3 Å². The third kappa shape index (κ3) is 3.79. The molecule has 3 aromatic heterocycles. The zero-order chi connectivity index (χ0) is 27.4. The van der Waals surface area contributed by atoms with E-state index in [2.05, 4.69) is 34.8 Å².